The van der Waals surface area contributed by atoms with Crippen LogP contribution in [0.5, 0.6) is 5.75 Å². The lowest BCUT2D eigenvalue weighted by Gasteiger charge is -2.03. The molecule has 0 radical (unpaired) electrons. The van der Waals surface area contributed by atoms with E-state index in [1.54, 1.807) is 7.11 Å². The summed E-state index contributed by atoms with van der Waals surface area (Å²) in [5, 5.41) is 15.3. The van der Waals surface area contributed by atoms with Crippen molar-refractivity contribution in [2.45, 2.75) is 19.3 Å². The quantitative estimate of drug-likeness (QED) is 0.585. The molecule has 0 fully saturated rings. The van der Waals surface area contributed by atoms with Crippen molar-refractivity contribution in [3.8, 4) is 5.75 Å². The Morgan fingerprint density at radius 1 is 1.38 bits per heavy atom. The third-order valence-corrected chi connectivity index (χ3v) is 3.77. The Balaban J connectivity index is 1.76. The number of hydrogen-bond acceptors (Lipinski definition) is 4. The summed E-state index contributed by atoms with van der Waals surface area (Å²) in [6.07, 6.45) is 2.70. The topological polar surface area (TPSA) is 89.0 Å². The van der Waals surface area contributed by atoms with Gasteiger partial charge in [0.25, 0.3) is 0 Å². The zero-order valence-electron chi connectivity index (χ0n) is 12.0. The SMILES string of the molecule is COc1ccc(CCc2nn(C(=N)N)c3c2CCN3)cc1. The Kier molecular flexibility index (Phi) is 3.51. The van der Waals surface area contributed by atoms with Crippen molar-refractivity contribution in [2.24, 2.45) is 5.73 Å². The van der Waals surface area contributed by atoms with E-state index in [-0.39, 0.29) is 5.96 Å². The molecule has 4 N–H and O–H groups in total. The van der Waals surface area contributed by atoms with Gasteiger partial charge in [-0.3, -0.25) is 5.41 Å². The van der Waals surface area contributed by atoms with Crippen molar-refractivity contribution in [3.05, 3.63) is 41.1 Å². The van der Waals surface area contributed by atoms with Crippen molar-refractivity contribution >= 4 is 11.8 Å². The smallest absolute Gasteiger partial charge is 0.215 e. The molecular weight excluding hydrogens is 266 g/mol. The van der Waals surface area contributed by atoms with Crippen molar-refractivity contribution in [3.63, 3.8) is 0 Å². The van der Waals surface area contributed by atoms with Crippen LogP contribution in [0, 0.1) is 5.41 Å². The van der Waals surface area contributed by atoms with Crippen molar-refractivity contribution < 1.29 is 4.74 Å². The van der Waals surface area contributed by atoms with E-state index in [1.165, 1.54) is 15.8 Å². The molecule has 6 heteroatoms. The summed E-state index contributed by atoms with van der Waals surface area (Å²) in [5.74, 6) is 1.70. The highest BCUT2D eigenvalue weighted by atomic mass is 16.5. The summed E-state index contributed by atoms with van der Waals surface area (Å²) >= 11 is 0. The van der Waals surface area contributed by atoms with Gasteiger partial charge in [0.05, 0.1) is 12.8 Å². The van der Waals surface area contributed by atoms with Crippen LogP contribution in [0.2, 0.25) is 0 Å². The van der Waals surface area contributed by atoms with Gasteiger partial charge < -0.3 is 15.8 Å². The van der Waals surface area contributed by atoms with Gasteiger partial charge in [0.2, 0.25) is 5.96 Å². The fourth-order valence-corrected chi connectivity index (χ4v) is 2.68. The molecule has 6 nitrogen and oxygen atoms in total. The van der Waals surface area contributed by atoms with Gasteiger partial charge in [0.15, 0.2) is 0 Å². The zero-order chi connectivity index (χ0) is 14.8. The molecule has 1 aromatic carbocycles. The Labute approximate surface area is 123 Å². The Bertz CT molecular complexity index is 659. The number of fused-ring (bicyclic) bond motifs is 1. The Morgan fingerprint density at radius 2 is 2.14 bits per heavy atom. The van der Waals surface area contributed by atoms with Gasteiger partial charge in [0.1, 0.15) is 11.6 Å². The number of anilines is 1. The molecule has 0 aliphatic carbocycles. The van der Waals surface area contributed by atoms with Crippen LogP contribution in [0.25, 0.3) is 0 Å². The van der Waals surface area contributed by atoms with Gasteiger partial charge in [-0.15, -0.1) is 0 Å². The second kappa shape index (κ2) is 5.47. The molecule has 3 rings (SSSR count). The number of aryl methyl sites for hydroxylation is 2. The molecule has 0 saturated carbocycles. The van der Waals surface area contributed by atoms with Crippen LogP contribution < -0.4 is 15.8 Å². The van der Waals surface area contributed by atoms with E-state index in [9.17, 15) is 0 Å². The fraction of sp³-hybridized carbons (Fsp3) is 0.333. The minimum absolute atomic E-state index is 0.0450. The predicted molar refractivity (Wildman–Crippen MR) is 82.1 cm³/mol. The summed E-state index contributed by atoms with van der Waals surface area (Å²) in [5.41, 5.74) is 9.03. The molecule has 0 bridgehead atoms. The lowest BCUT2D eigenvalue weighted by Crippen LogP contribution is -2.23. The number of nitrogens with one attached hydrogen (secondary N) is 2. The summed E-state index contributed by atoms with van der Waals surface area (Å²) < 4.78 is 6.65. The summed E-state index contributed by atoms with van der Waals surface area (Å²) in [7, 11) is 1.67. The van der Waals surface area contributed by atoms with E-state index in [0.29, 0.717) is 0 Å². The number of methoxy groups -OCH3 is 1. The van der Waals surface area contributed by atoms with Crippen LogP contribution in [0.15, 0.2) is 24.3 Å². The maximum Gasteiger partial charge on any atom is 0.215 e. The van der Waals surface area contributed by atoms with Gasteiger partial charge in [-0.25, -0.2) is 0 Å². The number of ether oxygens (including phenoxy) is 1. The summed E-state index contributed by atoms with van der Waals surface area (Å²) in [6, 6.07) is 8.07. The molecule has 110 valence electrons. The van der Waals surface area contributed by atoms with Gasteiger partial charge in [0, 0.05) is 12.1 Å². The molecule has 0 unspecified atom stereocenters. The molecular formula is C15H19N5O. The monoisotopic (exact) mass is 285 g/mol. The highest BCUT2D eigenvalue weighted by molar-refractivity contribution is 5.81. The molecule has 1 aliphatic heterocycles. The Morgan fingerprint density at radius 3 is 2.81 bits per heavy atom. The molecule has 0 saturated heterocycles. The van der Waals surface area contributed by atoms with Crippen molar-refractivity contribution in [1.29, 1.82) is 5.41 Å². The van der Waals surface area contributed by atoms with Crippen LogP contribution in [-0.4, -0.2) is 29.4 Å². The van der Waals surface area contributed by atoms with Gasteiger partial charge in [-0.2, -0.15) is 9.78 Å². The van der Waals surface area contributed by atoms with E-state index in [0.717, 1.165) is 43.1 Å². The number of nitrogens with two attached hydrogens (primary N) is 1. The molecule has 2 heterocycles. The highest BCUT2D eigenvalue weighted by Crippen LogP contribution is 2.26. The van der Waals surface area contributed by atoms with Crippen LogP contribution in [-0.2, 0) is 19.3 Å². The molecule has 21 heavy (non-hydrogen) atoms. The first-order chi connectivity index (χ1) is 10.2. The standard InChI is InChI=1S/C15H19N5O/c1-21-11-5-2-10(3-6-11)4-7-13-12-8-9-18-14(12)20(19-13)15(16)17/h2-3,5-6,18H,4,7-9H2,1H3,(H3,16,17). The average molecular weight is 285 g/mol. The van der Waals surface area contributed by atoms with Gasteiger partial charge in [-0.05, 0) is 37.0 Å². The van der Waals surface area contributed by atoms with E-state index in [2.05, 4.69) is 22.5 Å². The third-order valence-electron chi connectivity index (χ3n) is 3.77. The lowest BCUT2D eigenvalue weighted by atomic mass is 10.1. The molecule has 0 atom stereocenters. The zero-order valence-corrected chi connectivity index (χ0v) is 12.0. The minimum Gasteiger partial charge on any atom is -0.497 e. The highest BCUT2D eigenvalue weighted by Gasteiger charge is 2.22. The first kappa shape index (κ1) is 13.5. The predicted octanol–water partition coefficient (Wildman–Crippen LogP) is 1.39. The van der Waals surface area contributed by atoms with E-state index in [1.807, 2.05) is 12.1 Å². The molecule has 1 aliphatic rings. The number of nitrogen functional groups attached to an aromatic ring is 1. The van der Waals surface area contributed by atoms with Gasteiger partial charge >= 0.3 is 0 Å². The molecule has 2 aromatic rings. The first-order valence-corrected chi connectivity index (χ1v) is 7.01. The Hall–Kier alpha value is -2.50. The lowest BCUT2D eigenvalue weighted by molar-refractivity contribution is 0.414. The number of benzene rings is 1. The van der Waals surface area contributed by atoms with Gasteiger partial charge in [-0.1, -0.05) is 12.1 Å². The third kappa shape index (κ3) is 2.56. The minimum atomic E-state index is -0.0450. The van der Waals surface area contributed by atoms with E-state index in [4.69, 9.17) is 15.9 Å². The van der Waals surface area contributed by atoms with Crippen LogP contribution in [0.3, 0.4) is 0 Å². The number of rotatable bonds is 4. The maximum atomic E-state index is 7.58. The molecule has 0 amide bonds. The maximum absolute atomic E-state index is 7.58. The molecule has 1 aromatic heterocycles. The van der Waals surface area contributed by atoms with Crippen molar-refractivity contribution in [2.75, 3.05) is 19.0 Å². The number of nitrogens with zero attached hydrogens (tertiary/aromatic N) is 2. The molecule has 0 spiro atoms. The normalized spacial score (nSPS) is 12.8. The summed E-state index contributed by atoms with van der Waals surface area (Å²) in [6.45, 7) is 0.885. The van der Waals surface area contributed by atoms with Crippen LogP contribution in [0.1, 0.15) is 16.8 Å². The average Bonchev–Trinajstić information content (AvgIpc) is 3.08. The van der Waals surface area contributed by atoms with Crippen molar-refractivity contribution in [1.82, 2.24) is 9.78 Å². The second-order valence-corrected chi connectivity index (χ2v) is 5.10. The second-order valence-electron chi connectivity index (χ2n) is 5.10. The van der Waals surface area contributed by atoms with E-state index < -0.39 is 0 Å². The first-order valence-electron chi connectivity index (χ1n) is 7.01. The fourth-order valence-electron chi connectivity index (χ4n) is 2.68. The number of hydrogen-bond donors (Lipinski definition) is 3. The van der Waals surface area contributed by atoms with Crippen LogP contribution in [0.4, 0.5) is 5.82 Å². The van der Waals surface area contributed by atoms with E-state index >= 15 is 0 Å². The van der Waals surface area contributed by atoms with Crippen LogP contribution >= 0.6 is 0 Å². The largest absolute Gasteiger partial charge is 0.497 e. The number of aromatic nitrogens is 2. The summed E-state index contributed by atoms with van der Waals surface area (Å²) in [4.78, 5) is 0.